The summed E-state index contributed by atoms with van der Waals surface area (Å²) in [5.74, 6) is 0.737. The smallest absolute Gasteiger partial charge is 0.224 e. The number of phenolic OH excluding ortho intramolecular Hbond substituents is 1. The van der Waals surface area contributed by atoms with Crippen LogP contribution in [0.1, 0.15) is 56.1 Å². The predicted molar refractivity (Wildman–Crippen MR) is 87.6 cm³/mol. The monoisotopic (exact) mass is 312 g/mol. The normalized spacial score (nSPS) is 41.3. The number of aromatic hydroxyl groups is 1. The van der Waals surface area contributed by atoms with Crippen molar-refractivity contribution < 1.29 is 14.9 Å². The number of hydrogen-bond donors (Lipinski definition) is 2. The molecule has 0 saturated heterocycles. The summed E-state index contributed by atoms with van der Waals surface area (Å²) in [6.45, 7) is 2.16. The van der Waals surface area contributed by atoms with Gasteiger partial charge in [-0.15, -0.1) is 0 Å². The molecule has 3 heteroatoms. The number of hydrogen-bond acceptors (Lipinski definition) is 3. The Labute approximate surface area is 137 Å². The lowest BCUT2D eigenvalue weighted by molar-refractivity contribution is -0.238. The number of benzene rings is 1. The van der Waals surface area contributed by atoms with Crippen molar-refractivity contribution >= 4 is 0 Å². The number of terminal acetylenes is 1. The maximum Gasteiger partial charge on any atom is 0.224 e. The zero-order valence-electron chi connectivity index (χ0n) is 13.6. The maximum atomic E-state index is 11.0. The molecule has 2 saturated carbocycles. The second-order valence-corrected chi connectivity index (χ2v) is 7.80. The van der Waals surface area contributed by atoms with Crippen LogP contribution in [0.15, 0.2) is 18.2 Å². The number of rotatable bonds is 1. The van der Waals surface area contributed by atoms with Gasteiger partial charge in [-0.2, -0.15) is 0 Å². The van der Waals surface area contributed by atoms with Crippen LogP contribution in [0.2, 0.25) is 0 Å². The summed E-state index contributed by atoms with van der Waals surface area (Å²) in [5, 5.41) is 20.7. The molecule has 0 aromatic heterocycles. The van der Waals surface area contributed by atoms with Crippen LogP contribution in [0.4, 0.5) is 0 Å². The quantitative estimate of drug-likeness (QED) is 0.616. The first kappa shape index (κ1) is 14.9. The zero-order valence-corrected chi connectivity index (χ0v) is 13.6. The maximum absolute atomic E-state index is 11.0. The van der Waals surface area contributed by atoms with Gasteiger partial charge in [-0.25, -0.2) is 0 Å². The molecular weight excluding hydrogens is 288 g/mol. The van der Waals surface area contributed by atoms with E-state index in [9.17, 15) is 10.2 Å². The van der Waals surface area contributed by atoms with Gasteiger partial charge in [0.25, 0.3) is 0 Å². The number of aryl methyl sites for hydroxylation is 1. The van der Waals surface area contributed by atoms with Crippen molar-refractivity contribution in [3.63, 3.8) is 0 Å². The second-order valence-electron chi connectivity index (χ2n) is 7.80. The van der Waals surface area contributed by atoms with Crippen LogP contribution in [0, 0.1) is 29.8 Å². The van der Waals surface area contributed by atoms with Gasteiger partial charge in [0.2, 0.25) is 5.79 Å². The minimum absolute atomic E-state index is 0.255. The number of phenols is 1. The summed E-state index contributed by atoms with van der Waals surface area (Å²) in [4.78, 5) is 0. The van der Waals surface area contributed by atoms with E-state index in [2.05, 4.69) is 19.1 Å². The Hall–Kier alpha value is -1.66. The highest BCUT2D eigenvalue weighted by molar-refractivity contribution is 5.40. The minimum Gasteiger partial charge on any atom is -0.508 e. The highest BCUT2D eigenvalue weighted by Gasteiger charge is 2.63. The lowest BCUT2D eigenvalue weighted by Gasteiger charge is -2.52. The van der Waals surface area contributed by atoms with Gasteiger partial charge in [0, 0.05) is 11.8 Å². The van der Waals surface area contributed by atoms with Gasteiger partial charge < -0.3 is 14.9 Å². The van der Waals surface area contributed by atoms with Crippen molar-refractivity contribution in [3.05, 3.63) is 29.3 Å². The standard InChI is InChI=1S/C20H24O3/c1-3-23-20(22)11-9-18-17-6-4-13-12-14(21)5-7-15(13)16(17)8-10-19(18,20)2/h1,5,7,12,16-18,21-22H,4,6,8-11H2,2H3/t16-,17+,18-,19-,20+/m0/s1. The number of ether oxygens (including phenoxy) is 1. The van der Waals surface area contributed by atoms with E-state index < -0.39 is 5.79 Å². The van der Waals surface area contributed by atoms with Gasteiger partial charge in [-0.1, -0.05) is 19.4 Å². The van der Waals surface area contributed by atoms with Crippen LogP contribution < -0.4 is 0 Å². The molecular formula is C20H24O3. The Morgan fingerprint density at radius 2 is 2.09 bits per heavy atom. The fraction of sp³-hybridized carbons (Fsp3) is 0.600. The molecule has 5 atom stereocenters. The van der Waals surface area contributed by atoms with Crippen molar-refractivity contribution in [2.24, 2.45) is 17.3 Å². The molecule has 0 heterocycles. The summed E-state index contributed by atoms with van der Waals surface area (Å²) >= 11 is 0. The van der Waals surface area contributed by atoms with E-state index in [1.807, 2.05) is 12.1 Å². The van der Waals surface area contributed by atoms with Crippen molar-refractivity contribution in [1.82, 2.24) is 0 Å². The molecule has 3 nitrogen and oxygen atoms in total. The highest BCUT2D eigenvalue weighted by atomic mass is 16.6. The van der Waals surface area contributed by atoms with E-state index in [0.29, 0.717) is 29.9 Å². The molecule has 122 valence electrons. The van der Waals surface area contributed by atoms with E-state index in [-0.39, 0.29) is 5.41 Å². The molecule has 3 aliphatic rings. The lowest BCUT2D eigenvalue weighted by atomic mass is 9.55. The third-order valence-electron chi connectivity index (χ3n) is 7.01. The predicted octanol–water partition coefficient (Wildman–Crippen LogP) is 3.54. The van der Waals surface area contributed by atoms with Crippen LogP contribution in [0.25, 0.3) is 0 Å². The summed E-state index contributed by atoms with van der Waals surface area (Å²) in [5.41, 5.74) is 2.44. The SMILES string of the molecule is C#CO[C@]1(O)CC[C@H]2[C@@H]3CCc4cc(O)ccc4[C@@H]3CC[C@@]21C. The highest BCUT2D eigenvalue weighted by Crippen LogP contribution is 2.64. The molecule has 0 bridgehead atoms. The molecule has 1 aromatic carbocycles. The van der Waals surface area contributed by atoms with E-state index in [4.69, 9.17) is 11.2 Å². The van der Waals surface area contributed by atoms with Gasteiger partial charge >= 0.3 is 0 Å². The van der Waals surface area contributed by atoms with Crippen LogP contribution >= 0.6 is 0 Å². The molecule has 0 amide bonds. The van der Waals surface area contributed by atoms with E-state index >= 15 is 0 Å². The fourth-order valence-electron chi connectivity index (χ4n) is 5.81. The first-order valence-electron chi connectivity index (χ1n) is 8.66. The third kappa shape index (κ3) is 1.94. The Bertz CT molecular complexity index is 676. The van der Waals surface area contributed by atoms with Crippen LogP contribution in [0.5, 0.6) is 5.75 Å². The first-order valence-corrected chi connectivity index (χ1v) is 8.66. The molecule has 0 aliphatic heterocycles. The Balaban J connectivity index is 1.69. The van der Waals surface area contributed by atoms with E-state index in [1.165, 1.54) is 11.1 Å². The lowest BCUT2D eigenvalue weighted by Crippen LogP contribution is -2.51. The summed E-state index contributed by atoms with van der Waals surface area (Å²) < 4.78 is 5.38. The average Bonchev–Trinajstić information content (AvgIpc) is 2.79. The second kappa shape index (κ2) is 4.92. The molecule has 23 heavy (non-hydrogen) atoms. The van der Waals surface area contributed by atoms with Crippen LogP contribution in [-0.4, -0.2) is 16.0 Å². The molecule has 3 aliphatic carbocycles. The Kier molecular flexibility index (Phi) is 3.19. The van der Waals surface area contributed by atoms with Gasteiger partial charge in [0.1, 0.15) is 11.9 Å². The van der Waals surface area contributed by atoms with Crippen molar-refractivity contribution in [3.8, 4) is 18.3 Å². The molecule has 0 radical (unpaired) electrons. The van der Waals surface area contributed by atoms with Crippen LogP contribution in [0.3, 0.4) is 0 Å². The molecule has 0 unspecified atom stereocenters. The van der Waals surface area contributed by atoms with Gasteiger partial charge in [0.15, 0.2) is 0 Å². The minimum atomic E-state index is -1.17. The van der Waals surface area contributed by atoms with Gasteiger partial charge in [-0.3, -0.25) is 0 Å². The summed E-state index contributed by atoms with van der Waals surface area (Å²) in [6, 6.07) is 5.83. The zero-order chi connectivity index (χ0) is 16.2. The van der Waals surface area contributed by atoms with E-state index in [0.717, 1.165) is 32.1 Å². The number of fused-ring (bicyclic) bond motifs is 5. The molecule has 0 spiro atoms. The summed E-state index contributed by atoms with van der Waals surface area (Å²) in [7, 11) is 0. The molecule has 2 fully saturated rings. The van der Waals surface area contributed by atoms with Crippen molar-refractivity contribution in [1.29, 1.82) is 0 Å². The Morgan fingerprint density at radius 1 is 1.26 bits per heavy atom. The van der Waals surface area contributed by atoms with Gasteiger partial charge in [0.05, 0.1) is 0 Å². The van der Waals surface area contributed by atoms with E-state index in [1.54, 1.807) is 0 Å². The van der Waals surface area contributed by atoms with Crippen LogP contribution in [-0.2, 0) is 11.2 Å². The van der Waals surface area contributed by atoms with Crippen molar-refractivity contribution in [2.75, 3.05) is 0 Å². The Morgan fingerprint density at radius 3 is 2.87 bits per heavy atom. The third-order valence-corrected chi connectivity index (χ3v) is 7.01. The topological polar surface area (TPSA) is 49.7 Å². The van der Waals surface area contributed by atoms with Gasteiger partial charge in [-0.05, 0) is 73.1 Å². The largest absolute Gasteiger partial charge is 0.508 e. The number of aliphatic hydroxyl groups is 1. The fourth-order valence-corrected chi connectivity index (χ4v) is 5.81. The molecule has 2 N–H and O–H groups in total. The van der Waals surface area contributed by atoms with Crippen molar-refractivity contribution in [2.45, 2.75) is 57.2 Å². The first-order chi connectivity index (χ1) is 11.0. The summed E-state index contributed by atoms with van der Waals surface area (Å²) in [6.07, 6.45) is 13.3. The molecule has 1 aromatic rings. The molecule has 4 rings (SSSR count). The average molecular weight is 312 g/mol.